The minimum Gasteiger partial charge on any atom is -0.508 e. The third-order valence-electron chi connectivity index (χ3n) is 15.6. The summed E-state index contributed by atoms with van der Waals surface area (Å²) in [6.07, 6.45) is -2.87. The fourth-order valence-electron chi connectivity index (χ4n) is 9.66. The maximum absolute atomic E-state index is 12.5. The van der Waals surface area contributed by atoms with E-state index in [1.165, 1.54) is 55.0 Å². The predicted molar refractivity (Wildman–Crippen MR) is 482 cm³/mol. The van der Waals surface area contributed by atoms with Crippen LogP contribution >= 0.6 is 34.8 Å². The first-order valence-electron chi connectivity index (χ1n) is 36.5. The quantitative estimate of drug-likeness (QED) is 0.0305. The van der Waals surface area contributed by atoms with Gasteiger partial charge in [0, 0.05) is 23.0 Å². The number of phenols is 9. The number of alkyl halides is 3. The highest BCUT2D eigenvalue weighted by molar-refractivity contribution is 7.92. The summed E-state index contributed by atoms with van der Waals surface area (Å²) < 4.78 is 73.2. The van der Waals surface area contributed by atoms with E-state index in [9.17, 15) is 35.9 Å². The first-order valence-corrected chi connectivity index (χ1v) is 39.5. The van der Waals surface area contributed by atoms with Gasteiger partial charge in [-0.05, 0) is 286 Å². The van der Waals surface area contributed by atoms with Crippen molar-refractivity contribution in [3.8, 4) is 57.5 Å². The number of aryl methyl sites for hydroxylation is 14. The number of aliphatic hydroxyl groups is 3. The van der Waals surface area contributed by atoms with Gasteiger partial charge in [0.1, 0.15) is 57.5 Å². The van der Waals surface area contributed by atoms with Gasteiger partial charge < -0.3 is 94.6 Å². The number of carbonyl (C=O) groups is 1. The number of nitrogen functional groups attached to an aromatic ring is 4. The highest BCUT2D eigenvalue weighted by Crippen LogP contribution is 2.38. The minimum atomic E-state index is -4.44. The number of amides is 1. The fourth-order valence-corrected chi connectivity index (χ4v) is 11.1. The molecule has 23 N–H and O–H groups in total. The second-order valence-corrected chi connectivity index (χ2v) is 30.4. The number of aromatic hydroxyl groups is 10. The molecule has 0 radical (unpaired) electrons. The van der Waals surface area contributed by atoms with Crippen molar-refractivity contribution in [2.24, 2.45) is 0 Å². The molecule has 31 heteroatoms. The van der Waals surface area contributed by atoms with E-state index >= 15 is 0 Å². The molecule has 12 aromatic rings. The van der Waals surface area contributed by atoms with Crippen molar-refractivity contribution >= 4 is 85.4 Å². The molecule has 12 rings (SSSR count). The fraction of sp³-hybridized carbons (Fsp3) is 0.209. The molecule has 122 heavy (non-hydrogen) atoms. The van der Waals surface area contributed by atoms with Gasteiger partial charge in [0.2, 0.25) is 16.4 Å². The van der Waals surface area contributed by atoms with Crippen LogP contribution in [0.3, 0.4) is 0 Å². The van der Waals surface area contributed by atoms with Crippen LogP contribution in [0.15, 0.2) is 200 Å². The Labute approximate surface area is 724 Å². The summed E-state index contributed by atoms with van der Waals surface area (Å²) in [6.45, 7) is 25.7. The lowest BCUT2D eigenvalue weighted by molar-refractivity contribution is -0.137. The molecular formula is C91H108Cl3F4N7O16S. The van der Waals surface area contributed by atoms with E-state index in [1.807, 2.05) is 106 Å². The first kappa shape index (κ1) is 107. The number of nitrogens with zero attached hydrogens (tertiary/aromatic N) is 1. The number of rotatable bonds is 7. The van der Waals surface area contributed by atoms with E-state index in [0.717, 1.165) is 84.8 Å². The van der Waals surface area contributed by atoms with Gasteiger partial charge >= 0.3 is 6.18 Å². The molecule has 23 nitrogen and oxygen atoms in total. The van der Waals surface area contributed by atoms with E-state index in [4.69, 9.17) is 119 Å². The number of sulfonamides is 1. The van der Waals surface area contributed by atoms with Gasteiger partial charge in [-0.2, -0.15) is 13.2 Å². The van der Waals surface area contributed by atoms with Crippen molar-refractivity contribution in [1.29, 1.82) is 0 Å². The Hall–Kier alpha value is -12.5. The van der Waals surface area contributed by atoms with E-state index in [2.05, 4.69) is 15.0 Å². The number of pyridine rings is 1. The maximum atomic E-state index is 12.5. The van der Waals surface area contributed by atoms with Crippen molar-refractivity contribution in [1.82, 2.24) is 4.98 Å². The molecule has 0 fully saturated rings. The lowest BCUT2D eigenvalue weighted by atomic mass is 10.1. The number of hydrogen-bond donors (Lipinski definition) is 19. The lowest BCUT2D eigenvalue weighted by Gasteiger charge is -2.11. The Balaban J connectivity index is 0.000000667. The topological polar surface area (TPSA) is 455 Å². The molecule has 0 spiro atoms. The van der Waals surface area contributed by atoms with Gasteiger partial charge in [0.05, 0.1) is 75.1 Å². The summed E-state index contributed by atoms with van der Waals surface area (Å²) in [5.74, 6) is 0.706. The highest BCUT2D eigenvalue weighted by Gasteiger charge is 2.34. The summed E-state index contributed by atoms with van der Waals surface area (Å²) in [6, 6.07) is 54.5. The second-order valence-electron chi connectivity index (χ2n) is 27.4. The normalized spacial score (nSPS) is 10.0. The number of aliphatic hydroxyl groups excluding tert-OH is 3. The Bertz CT molecular complexity index is 5120. The van der Waals surface area contributed by atoms with E-state index in [1.54, 1.807) is 136 Å². The zero-order chi connectivity index (χ0) is 93.2. The first-order chi connectivity index (χ1) is 56.7. The van der Waals surface area contributed by atoms with Gasteiger partial charge in [-0.15, -0.1) is 0 Å². The predicted octanol–water partition coefficient (Wildman–Crippen LogP) is 19.9. The van der Waals surface area contributed by atoms with Crippen LogP contribution in [0.2, 0.25) is 15.1 Å². The third-order valence-corrected chi connectivity index (χ3v) is 17.2. The molecule has 0 aliphatic heterocycles. The standard InChI is InChI=1S/C8H7ClF3N.C8H9F.C8H11NO3S.C8H9NO2.C8H11NO.C8H10O2.C8H10O.C7H7Cl2N.C7H9NO2.C7H9NO.2C7H8O2/c1-4-2-5(8(10,11)12)7(13)6(9)3-4;1-6-3-4-8(9)7(2)5-6;1-6-3-4-8(10)7(5-6)9-13(2,11)12;1-6-2-3-8(11)7(4-6)9-5-10;1-6-2-7(5-10)4-8(9)3-6;1-6-2-3-8(10)7(4-6)5-9;1-6-3-4-8(9)7(2)5-6;1-4-2-5(8)7(10)6(9)3-4;1-5-2-3-7(10)6(4-9)8-5;1-5-2-3-7(9)6(8)4-5;1-5-2-6(8)4-7(9)3-5;1-5-2-3-6(8)7(9)4-5/h2-3H,13H2,1H3;3-5H,1-2H3;3-5,9-10H,1-2H3;2-5,11H,1H3,(H,9,10);2-4,10H,5,9H2,1H3;2-4,9-10H,5H2,1H3;3-5,9H,1-2H3;2-3H,10H2,1H3;2-3,9-10H,4H2,1H3;2-4,9H,8H2,1H3;2*2-4,8-9H,1H3. The zero-order valence-electron chi connectivity index (χ0n) is 70.1. The SMILES string of the molecule is Cc1cc(Cl)c(N)c(C(F)(F)F)c1.Cc1cc(Cl)c(N)c(Cl)c1.Cc1cc(N)cc(CO)c1.Cc1cc(O)cc(O)c1.Cc1ccc(F)c(C)c1.Cc1ccc(O)c(C)c1.Cc1ccc(O)c(CO)c1.Cc1ccc(O)c(CO)n1.Cc1ccc(O)c(N)c1.Cc1ccc(O)c(NC=O)c1.Cc1ccc(O)c(NS(C)(=O)=O)c1.Cc1ccc(O)c(O)c1. The Morgan fingerprint density at radius 1 is 0.393 bits per heavy atom. The summed E-state index contributed by atoms with van der Waals surface area (Å²) in [4.78, 5) is 13.9. The van der Waals surface area contributed by atoms with Crippen LogP contribution < -0.4 is 33.0 Å². The van der Waals surface area contributed by atoms with E-state index in [-0.39, 0.29) is 88.1 Å². The van der Waals surface area contributed by atoms with Crippen LogP contribution in [0.5, 0.6) is 57.5 Å². The monoisotopic (exact) mass is 1770 g/mol. The molecule has 0 atom stereocenters. The molecule has 1 heterocycles. The highest BCUT2D eigenvalue weighted by atomic mass is 35.5. The van der Waals surface area contributed by atoms with Crippen LogP contribution in [0.1, 0.15) is 100 Å². The number of anilines is 6. The van der Waals surface area contributed by atoms with Crippen molar-refractivity contribution < 1.29 is 97.2 Å². The van der Waals surface area contributed by atoms with Gasteiger partial charge in [0.25, 0.3) is 0 Å². The van der Waals surface area contributed by atoms with Gasteiger partial charge in [-0.25, -0.2) is 12.8 Å². The van der Waals surface area contributed by atoms with E-state index < -0.39 is 27.5 Å². The average Bonchev–Trinajstić information content (AvgIpc) is 0.812. The molecule has 11 aromatic carbocycles. The van der Waals surface area contributed by atoms with Crippen molar-refractivity contribution in [3.63, 3.8) is 0 Å². The zero-order valence-corrected chi connectivity index (χ0v) is 73.2. The molecular weight excluding hydrogens is 1660 g/mol. The Morgan fingerprint density at radius 2 is 0.803 bits per heavy atom. The number of halogens is 7. The number of hydrogen-bond acceptors (Lipinski definition) is 21. The van der Waals surface area contributed by atoms with Crippen molar-refractivity contribution in [2.45, 2.75) is 123 Å². The van der Waals surface area contributed by atoms with Crippen LogP contribution in [-0.2, 0) is 40.8 Å². The molecule has 0 unspecified atom stereocenters. The molecule has 0 saturated heterocycles. The smallest absolute Gasteiger partial charge is 0.418 e. The summed E-state index contributed by atoms with van der Waals surface area (Å²) >= 11 is 16.9. The van der Waals surface area contributed by atoms with Crippen molar-refractivity contribution in [2.75, 3.05) is 39.2 Å². The number of nitrogens with one attached hydrogen (secondary N) is 2. The van der Waals surface area contributed by atoms with Gasteiger partial charge in [-0.1, -0.05) is 118 Å². The minimum absolute atomic E-state index is 0.0492. The average molecular weight is 1770 g/mol. The van der Waals surface area contributed by atoms with E-state index in [0.29, 0.717) is 61.8 Å². The molecule has 0 bridgehead atoms. The van der Waals surface area contributed by atoms with Crippen molar-refractivity contribution in [3.05, 3.63) is 321 Å². The number of benzene rings is 11. The van der Waals surface area contributed by atoms with Gasteiger partial charge in [0.15, 0.2) is 11.5 Å². The van der Waals surface area contributed by atoms with Crippen LogP contribution in [-0.4, -0.2) is 92.5 Å². The molecule has 0 saturated carbocycles. The molecule has 1 aromatic heterocycles. The molecule has 658 valence electrons. The lowest BCUT2D eigenvalue weighted by Crippen LogP contribution is -2.09. The molecule has 0 aliphatic carbocycles. The van der Waals surface area contributed by atoms with Crippen LogP contribution in [0.25, 0.3) is 0 Å². The number of nitrogens with two attached hydrogens (primary N) is 4. The summed E-state index contributed by atoms with van der Waals surface area (Å²) in [5, 5.41) is 119. The molecule has 1 amide bonds. The Morgan fingerprint density at radius 3 is 1.20 bits per heavy atom. The molecule has 0 aliphatic rings. The largest absolute Gasteiger partial charge is 0.508 e. The van der Waals surface area contributed by atoms with Gasteiger partial charge in [-0.3, -0.25) is 14.5 Å². The number of aromatic nitrogens is 1. The number of phenolic OH excluding ortho intramolecular Hbond substituents is 8. The number of carbonyl (C=O) groups excluding carboxylic acids is 1. The third kappa shape index (κ3) is 43.4. The second kappa shape index (κ2) is 53.2. The summed E-state index contributed by atoms with van der Waals surface area (Å²) in [7, 11) is -3.33. The van der Waals surface area contributed by atoms with Crippen LogP contribution in [0.4, 0.5) is 51.7 Å². The van der Waals surface area contributed by atoms with Crippen LogP contribution in [0, 0.1) is 103 Å². The Kier molecular flexibility index (Phi) is 46.8. The maximum Gasteiger partial charge on any atom is 0.418 e. The summed E-state index contributed by atoms with van der Waals surface area (Å²) in [5.41, 5.74) is 37.4.